The van der Waals surface area contributed by atoms with Gasteiger partial charge in [0.1, 0.15) is 0 Å². The summed E-state index contributed by atoms with van der Waals surface area (Å²) in [5.74, 6) is 1.62. The summed E-state index contributed by atoms with van der Waals surface area (Å²) < 4.78 is 2.78. The van der Waals surface area contributed by atoms with E-state index in [1.165, 1.54) is 6.42 Å². The van der Waals surface area contributed by atoms with Gasteiger partial charge < -0.3 is 4.90 Å². The molecule has 4 nitrogen and oxygen atoms in total. The van der Waals surface area contributed by atoms with Crippen LogP contribution in [0.15, 0.2) is 0 Å². The van der Waals surface area contributed by atoms with Crippen LogP contribution in [-0.2, 0) is 6.54 Å². The molecule has 0 aromatic carbocycles. The average Bonchev–Trinajstić information content (AvgIpc) is 2.61. The first kappa shape index (κ1) is 13.2. The molecule has 0 amide bonds. The van der Waals surface area contributed by atoms with Crippen molar-refractivity contribution in [2.75, 3.05) is 18.5 Å². The van der Waals surface area contributed by atoms with E-state index >= 15 is 0 Å². The lowest BCUT2D eigenvalue weighted by molar-refractivity contribution is 0.545. The molecule has 0 radical (unpaired) electrons. The van der Waals surface area contributed by atoms with Gasteiger partial charge in [0.25, 0.3) is 0 Å². The summed E-state index contributed by atoms with van der Waals surface area (Å²) in [5.41, 5.74) is 0. The monoisotopic (exact) mass is 242 g/mol. The summed E-state index contributed by atoms with van der Waals surface area (Å²) in [7, 11) is 2.07. The lowest BCUT2D eigenvalue weighted by Crippen LogP contribution is -2.26. The quantitative estimate of drug-likeness (QED) is 0.779. The van der Waals surface area contributed by atoms with E-state index < -0.39 is 0 Å². The highest BCUT2D eigenvalue weighted by Crippen LogP contribution is 2.13. The normalized spacial score (nSPS) is 12.8. The van der Waals surface area contributed by atoms with Crippen LogP contribution in [0.3, 0.4) is 0 Å². The van der Waals surface area contributed by atoms with Crippen molar-refractivity contribution in [2.24, 2.45) is 5.92 Å². The molecule has 1 heterocycles. The Labute approximate surface area is 103 Å². The number of rotatable bonds is 6. The molecule has 0 aliphatic heterocycles. The highest BCUT2D eigenvalue weighted by Gasteiger charge is 2.12. The molecule has 0 saturated carbocycles. The van der Waals surface area contributed by atoms with E-state index in [9.17, 15) is 0 Å². The van der Waals surface area contributed by atoms with E-state index in [2.05, 4.69) is 47.5 Å². The largest absolute Gasteiger partial charge is 0.344 e. The molecule has 1 rings (SSSR count). The van der Waals surface area contributed by atoms with E-state index in [1.807, 2.05) is 0 Å². The molecule has 1 aromatic rings. The van der Waals surface area contributed by atoms with Crippen molar-refractivity contribution in [1.29, 1.82) is 0 Å². The molecule has 0 aliphatic carbocycles. The Balaban J connectivity index is 2.82. The molecule has 92 valence electrons. The standard InChI is InChI=1S/C11H22N4S/c1-5-7-15-10(12-13-11(15)16)14(4)8-9(3)6-2/h9H,5-8H2,1-4H3,(H,13,16). The molecule has 5 heteroatoms. The zero-order valence-electron chi connectivity index (χ0n) is 10.7. The van der Waals surface area contributed by atoms with Crippen LogP contribution in [0.25, 0.3) is 0 Å². The number of nitrogens with zero attached hydrogens (tertiary/aromatic N) is 3. The second-order valence-electron chi connectivity index (χ2n) is 4.37. The molecule has 1 aromatic heterocycles. The van der Waals surface area contributed by atoms with Gasteiger partial charge in [-0.25, -0.2) is 5.10 Å². The summed E-state index contributed by atoms with van der Waals surface area (Å²) in [6.07, 6.45) is 2.25. The number of aromatic amines is 1. The number of hydrogen-bond acceptors (Lipinski definition) is 3. The van der Waals surface area contributed by atoms with Gasteiger partial charge in [-0.2, -0.15) is 0 Å². The number of H-pyrrole nitrogens is 1. The third kappa shape index (κ3) is 3.07. The topological polar surface area (TPSA) is 36.9 Å². The van der Waals surface area contributed by atoms with Gasteiger partial charge in [0.05, 0.1) is 0 Å². The van der Waals surface area contributed by atoms with Gasteiger partial charge in [0, 0.05) is 20.1 Å². The van der Waals surface area contributed by atoms with Crippen molar-refractivity contribution in [3.8, 4) is 0 Å². The van der Waals surface area contributed by atoms with E-state index in [1.54, 1.807) is 0 Å². The highest BCUT2D eigenvalue weighted by atomic mass is 32.1. The molecular weight excluding hydrogens is 220 g/mol. The molecule has 0 spiro atoms. The summed E-state index contributed by atoms with van der Waals surface area (Å²) in [4.78, 5) is 2.18. The first-order chi connectivity index (χ1) is 7.60. The lowest BCUT2D eigenvalue weighted by atomic mass is 10.1. The van der Waals surface area contributed by atoms with Crippen molar-refractivity contribution < 1.29 is 0 Å². The molecule has 0 saturated heterocycles. The van der Waals surface area contributed by atoms with Crippen LogP contribution >= 0.6 is 12.2 Å². The smallest absolute Gasteiger partial charge is 0.225 e. The van der Waals surface area contributed by atoms with E-state index in [0.29, 0.717) is 10.7 Å². The minimum Gasteiger partial charge on any atom is -0.344 e. The minimum atomic E-state index is 0.672. The fraction of sp³-hybridized carbons (Fsp3) is 0.818. The molecule has 16 heavy (non-hydrogen) atoms. The predicted octanol–water partition coefficient (Wildman–Crippen LogP) is 2.83. The van der Waals surface area contributed by atoms with Gasteiger partial charge >= 0.3 is 0 Å². The zero-order valence-corrected chi connectivity index (χ0v) is 11.5. The molecule has 1 N–H and O–H groups in total. The van der Waals surface area contributed by atoms with E-state index in [4.69, 9.17) is 12.2 Å². The van der Waals surface area contributed by atoms with Gasteiger partial charge in [0.2, 0.25) is 5.95 Å². The van der Waals surface area contributed by atoms with Gasteiger partial charge in [-0.15, -0.1) is 5.10 Å². The molecule has 0 bridgehead atoms. The Hall–Kier alpha value is -0.840. The Morgan fingerprint density at radius 3 is 2.75 bits per heavy atom. The van der Waals surface area contributed by atoms with Crippen LogP contribution in [0, 0.1) is 10.7 Å². The van der Waals surface area contributed by atoms with E-state index in [-0.39, 0.29) is 0 Å². The maximum Gasteiger partial charge on any atom is 0.225 e. The van der Waals surface area contributed by atoms with Gasteiger partial charge in [-0.05, 0) is 24.6 Å². The Morgan fingerprint density at radius 1 is 1.50 bits per heavy atom. The Kier molecular flexibility index (Phi) is 4.99. The number of anilines is 1. The highest BCUT2D eigenvalue weighted by molar-refractivity contribution is 7.71. The SMILES string of the molecule is CCCn1c(N(C)CC(C)CC)n[nH]c1=S. The fourth-order valence-electron chi connectivity index (χ4n) is 1.70. The summed E-state index contributed by atoms with van der Waals surface area (Å²) in [5, 5.41) is 7.16. The van der Waals surface area contributed by atoms with Crippen molar-refractivity contribution in [2.45, 2.75) is 40.2 Å². The van der Waals surface area contributed by atoms with Crippen LogP contribution in [0.1, 0.15) is 33.6 Å². The lowest BCUT2D eigenvalue weighted by Gasteiger charge is -2.21. The number of aromatic nitrogens is 3. The number of nitrogens with one attached hydrogen (secondary N) is 1. The summed E-state index contributed by atoms with van der Waals surface area (Å²) >= 11 is 5.22. The maximum atomic E-state index is 5.22. The van der Waals surface area contributed by atoms with Crippen LogP contribution in [-0.4, -0.2) is 28.4 Å². The van der Waals surface area contributed by atoms with Crippen LogP contribution in [0.2, 0.25) is 0 Å². The van der Waals surface area contributed by atoms with Crippen molar-refractivity contribution in [3.05, 3.63) is 4.77 Å². The maximum absolute atomic E-state index is 5.22. The fourth-order valence-corrected chi connectivity index (χ4v) is 1.92. The molecule has 1 atom stereocenters. The average molecular weight is 242 g/mol. The van der Waals surface area contributed by atoms with Gasteiger partial charge in [0.15, 0.2) is 4.77 Å². The number of hydrogen-bond donors (Lipinski definition) is 1. The van der Waals surface area contributed by atoms with Crippen LogP contribution in [0.5, 0.6) is 0 Å². The Bertz CT molecular complexity index is 368. The van der Waals surface area contributed by atoms with Gasteiger partial charge in [-0.3, -0.25) is 4.57 Å². The predicted molar refractivity (Wildman–Crippen MR) is 70.4 cm³/mol. The summed E-state index contributed by atoms with van der Waals surface area (Å²) in [6, 6.07) is 0. The van der Waals surface area contributed by atoms with Crippen LogP contribution in [0.4, 0.5) is 5.95 Å². The molecular formula is C11H22N4S. The first-order valence-electron chi connectivity index (χ1n) is 5.96. The van der Waals surface area contributed by atoms with E-state index in [0.717, 1.165) is 25.5 Å². The van der Waals surface area contributed by atoms with Crippen LogP contribution < -0.4 is 4.90 Å². The molecule has 1 unspecified atom stereocenters. The molecule has 0 aliphatic rings. The second-order valence-corrected chi connectivity index (χ2v) is 4.76. The second kappa shape index (κ2) is 6.03. The van der Waals surface area contributed by atoms with Gasteiger partial charge in [-0.1, -0.05) is 27.2 Å². The third-order valence-corrected chi connectivity index (χ3v) is 3.12. The first-order valence-corrected chi connectivity index (χ1v) is 6.37. The van der Waals surface area contributed by atoms with Crippen molar-refractivity contribution >= 4 is 18.2 Å². The minimum absolute atomic E-state index is 0.672. The zero-order chi connectivity index (χ0) is 12.1. The van der Waals surface area contributed by atoms with Crippen molar-refractivity contribution in [3.63, 3.8) is 0 Å². The van der Waals surface area contributed by atoms with Crippen molar-refractivity contribution in [1.82, 2.24) is 14.8 Å². The molecule has 0 fully saturated rings. The third-order valence-electron chi connectivity index (χ3n) is 2.81. The Morgan fingerprint density at radius 2 is 2.19 bits per heavy atom. The summed E-state index contributed by atoms with van der Waals surface area (Å²) in [6.45, 7) is 8.55.